The van der Waals surface area contributed by atoms with Crippen LogP contribution in [0.1, 0.15) is 22.7 Å². The first-order valence-corrected chi connectivity index (χ1v) is 7.84. The van der Waals surface area contributed by atoms with Crippen molar-refractivity contribution in [2.24, 2.45) is 0 Å². The molecule has 0 fully saturated rings. The molecular weight excluding hydrogens is 357 g/mol. The number of benzene rings is 2. The summed E-state index contributed by atoms with van der Waals surface area (Å²) in [5, 5.41) is 3.80. The van der Waals surface area contributed by atoms with Gasteiger partial charge in [0.05, 0.1) is 12.6 Å². The molecule has 5 heteroatoms. The van der Waals surface area contributed by atoms with Crippen molar-refractivity contribution in [3.8, 4) is 5.75 Å². The third-order valence-corrected chi connectivity index (χ3v) is 4.36. The van der Waals surface area contributed by atoms with E-state index >= 15 is 0 Å². The molecule has 1 atom stereocenters. The van der Waals surface area contributed by atoms with Crippen LogP contribution in [0.3, 0.4) is 0 Å². The second-order valence-corrected chi connectivity index (χ2v) is 6.32. The Labute approximate surface area is 136 Å². The van der Waals surface area contributed by atoms with Crippen LogP contribution >= 0.6 is 27.5 Å². The van der Waals surface area contributed by atoms with Gasteiger partial charge in [-0.3, -0.25) is 0 Å². The van der Waals surface area contributed by atoms with Gasteiger partial charge in [-0.15, -0.1) is 0 Å². The van der Waals surface area contributed by atoms with Gasteiger partial charge in [0.15, 0.2) is 0 Å². The van der Waals surface area contributed by atoms with E-state index in [0.717, 1.165) is 23.3 Å². The van der Waals surface area contributed by atoms with Gasteiger partial charge in [0.25, 0.3) is 0 Å². The van der Waals surface area contributed by atoms with Crippen LogP contribution in [0.15, 0.2) is 34.8 Å². The summed E-state index contributed by atoms with van der Waals surface area (Å²) in [5.41, 5.74) is 2.52. The van der Waals surface area contributed by atoms with Crippen molar-refractivity contribution in [3.05, 3.63) is 62.3 Å². The van der Waals surface area contributed by atoms with Crippen LogP contribution in [0, 0.1) is 5.82 Å². The normalized spacial score (nSPS) is 14.7. The van der Waals surface area contributed by atoms with Crippen molar-refractivity contribution in [1.82, 2.24) is 5.32 Å². The number of hydrogen-bond acceptors (Lipinski definition) is 2. The number of ether oxygens (including phenoxy) is 1. The molecule has 0 radical (unpaired) electrons. The average Bonchev–Trinajstić information content (AvgIpc) is 2.89. The van der Waals surface area contributed by atoms with Crippen molar-refractivity contribution in [2.75, 3.05) is 13.7 Å². The Balaban J connectivity index is 2.13. The van der Waals surface area contributed by atoms with Crippen LogP contribution < -0.4 is 10.1 Å². The smallest absolute Gasteiger partial charge is 0.129 e. The van der Waals surface area contributed by atoms with Gasteiger partial charge < -0.3 is 10.1 Å². The lowest BCUT2D eigenvalue weighted by Crippen LogP contribution is -2.19. The topological polar surface area (TPSA) is 21.3 Å². The lowest BCUT2D eigenvalue weighted by molar-refractivity contribution is 0.350. The average molecular weight is 371 g/mol. The van der Waals surface area contributed by atoms with Crippen LogP contribution in [-0.2, 0) is 6.42 Å². The van der Waals surface area contributed by atoms with Crippen LogP contribution in [0.25, 0.3) is 0 Å². The second kappa shape index (κ2) is 5.95. The van der Waals surface area contributed by atoms with E-state index in [2.05, 4.69) is 21.2 Å². The van der Waals surface area contributed by atoms with E-state index in [9.17, 15) is 4.39 Å². The van der Waals surface area contributed by atoms with E-state index in [1.165, 1.54) is 6.07 Å². The Hall–Kier alpha value is -1.10. The van der Waals surface area contributed by atoms with Crippen molar-refractivity contribution in [2.45, 2.75) is 12.5 Å². The fraction of sp³-hybridized carbons (Fsp3) is 0.250. The van der Waals surface area contributed by atoms with E-state index in [-0.39, 0.29) is 11.9 Å². The summed E-state index contributed by atoms with van der Waals surface area (Å²) in [4.78, 5) is 0. The predicted octanol–water partition coefficient (Wildman–Crippen LogP) is 4.49. The van der Waals surface area contributed by atoms with Crippen molar-refractivity contribution < 1.29 is 9.13 Å². The van der Waals surface area contributed by atoms with E-state index in [1.807, 2.05) is 18.2 Å². The zero-order chi connectivity index (χ0) is 15.0. The number of nitrogens with one attached hydrogen (secondary N) is 1. The molecule has 0 aromatic heterocycles. The van der Waals surface area contributed by atoms with Gasteiger partial charge in [0, 0.05) is 27.0 Å². The van der Waals surface area contributed by atoms with Gasteiger partial charge in [-0.1, -0.05) is 33.6 Å². The maximum absolute atomic E-state index is 14.3. The molecule has 1 aliphatic heterocycles. The molecule has 0 saturated heterocycles. The molecule has 2 aromatic carbocycles. The highest BCUT2D eigenvalue weighted by Crippen LogP contribution is 2.39. The van der Waals surface area contributed by atoms with E-state index < -0.39 is 0 Å². The summed E-state index contributed by atoms with van der Waals surface area (Å²) < 4.78 is 20.7. The fourth-order valence-electron chi connectivity index (χ4n) is 2.73. The molecule has 1 unspecified atom stereocenters. The molecule has 3 rings (SSSR count). The predicted molar refractivity (Wildman–Crippen MR) is 85.7 cm³/mol. The Morgan fingerprint density at radius 2 is 2.10 bits per heavy atom. The van der Waals surface area contributed by atoms with Gasteiger partial charge in [0.1, 0.15) is 11.6 Å². The van der Waals surface area contributed by atoms with Gasteiger partial charge in [-0.2, -0.15) is 0 Å². The SMILES string of the molecule is CNC(c1ccc(Br)cc1F)c1cc(Cl)cc2c1OCC2. The number of fused-ring (bicyclic) bond motifs is 1. The van der Waals surface area contributed by atoms with Crippen molar-refractivity contribution in [1.29, 1.82) is 0 Å². The molecule has 0 amide bonds. The summed E-state index contributed by atoms with van der Waals surface area (Å²) in [7, 11) is 1.80. The minimum absolute atomic E-state index is 0.268. The number of rotatable bonds is 3. The second-order valence-electron chi connectivity index (χ2n) is 4.97. The lowest BCUT2D eigenvalue weighted by atomic mass is 9.95. The summed E-state index contributed by atoms with van der Waals surface area (Å²) in [6.07, 6.45) is 0.835. The van der Waals surface area contributed by atoms with Crippen LogP contribution in [0.4, 0.5) is 4.39 Å². The van der Waals surface area contributed by atoms with Crippen LogP contribution in [0.5, 0.6) is 5.75 Å². The molecule has 2 aromatic rings. The fourth-order valence-corrected chi connectivity index (χ4v) is 3.31. The first kappa shape index (κ1) is 14.8. The highest BCUT2D eigenvalue weighted by Gasteiger charge is 2.25. The van der Waals surface area contributed by atoms with Crippen LogP contribution in [0.2, 0.25) is 5.02 Å². The summed E-state index contributed by atoms with van der Waals surface area (Å²) >= 11 is 9.48. The van der Waals surface area contributed by atoms with Crippen molar-refractivity contribution >= 4 is 27.5 Å². The van der Waals surface area contributed by atoms with E-state index in [4.69, 9.17) is 16.3 Å². The quantitative estimate of drug-likeness (QED) is 0.860. The van der Waals surface area contributed by atoms with Gasteiger partial charge in [-0.25, -0.2) is 4.39 Å². The molecule has 21 heavy (non-hydrogen) atoms. The summed E-state index contributed by atoms with van der Waals surface area (Å²) in [6, 6.07) is 8.51. The zero-order valence-corrected chi connectivity index (χ0v) is 13.8. The van der Waals surface area contributed by atoms with Gasteiger partial charge in [-0.05, 0) is 36.9 Å². The molecule has 0 bridgehead atoms. The molecule has 1 aliphatic rings. The first-order valence-electron chi connectivity index (χ1n) is 6.67. The number of halogens is 3. The molecule has 0 spiro atoms. The maximum Gasteiger partial charge on any atom is 0.129 e. The summed E-state index contributed by atoms with van der Waals surface area (Å²) in [6.45, 7) is 0.641. The maximum atomic E-state index is 14.3. The molecule has 2 nitrogen and oxygen atoms in total. The number of hydrogen-bond donors (Lipinski definition) is 1. The first-order chi connectivity index (χ1) is 10.1. The lowest BCUT2D eigenvalue weighted by Gasteiger charge is -2.21. The molecular formula is C16H14BrClFNO. The van der Waals surface area contributed by atoms with E-state index in [0.29, 0.717) is 21.7 Å². The third-order valence-electron chi connectivity index (χ3n) is 3.65. The summed E-state index contributed by atoms with van der Waals surface area (Å²) in [5.74, 6) is 0.552. The Bertz CT molecular complexity index is 692. The molecule has 0 saturated carbocycles. The Morgan fingerprint density at radius 1 is 1.29 bits per heavy atom. The zero-order valence-electron chi connectivity index (χ0n) is 11.4. The van der Waals surface area contributed by atoms with Gasteiger partial charge in [0.2, 0.25) is 0 Å². The molecule has 1 heterocycles. The van der Waals surface area contributed by atoms with Gasteiger partial charge >= 0.3 is 0 Å². The highest BCUT2D eigenvalue weighted by molar-refractivity contribution is 9.10. The van der Waals surface area contributed by atoms with Crippen molar-refractivity contribution in [3.63, 3.8) is 0 Å². The monoisotopic (exact) mass is 369 g/mol. The van der Waals surface area contributed by atoms with E-state index in [1.54, 1.807) is 13.1 Å². The Morgan fingerprint density at radius 3 is 2.81 bits per heavy atom. The molecule has 0 aliphatic carbocycles. The third kappa shape index (κ3) is 2.80. The molecule has 110 valence electrons. The standard InChI is InChI=1S/C16H14BrClFNO/c1-20-15(12-3-2-10(17)7-14(12)19)13-8-11(18)6-9-4-5-21-16(9)13/h2-3,6-8,15,20H,4-5H2,1H3. The largest absolute Gasteiger partial charge is 0.493 e. The highest BCUT2D eigenvalue weighted by atomic mass is 79.9. The minimum atomic E-state index is -0.302. The Kier molecular flexibility index (Phi) is 4.20. The molecule has 1 N–H and O–H groups in total. The van der Waals surface area contributed by atoms with Crippen LogP contribution in [-0.4, -0.2) is 13.7 Å². The minimum Gasteiger partial charge on any atom is -0.493 e.